The first-order valence-electron chi connectivity index (χ1n) is 16.7. The number of hydrogen-bond acceptors (Lipinski definition) is 12. The normalized spacial score (nSPS) is 20.5. The number of carbonyl (C=O) groups is 1. The number of aliphatic hydroxyl groups excluding tert-OH is 2. The van der Waals surface area contributed by atoms with Crippen LogP contribution in [0.4, 0.5) is 13.2 Å². The van der Waals surface area contributed by atoms with Crippen molar-refractivity contribution in [2.75, 3.05) is 26.3 Å². The molecule has 0 radical (unpaired) electrons. The first-order valence-corrected chi connectivity index (χ1v) is 17.3. The predicted molar refractivity (Wildman–Crippen MR) is 188 cm³/mol. The highest BCUT2D eigenvalue weighted by Crippen LogP contribution is 2.31. The van der Waals surface area contributed by atoms with Crippen molar-refractivity contribution in [3.63, 3.8) is 0 Å². The van der Waals surface area contributed by atoms with Crippen LogP contribution in [-0.2, 0) is 17.3 Å². The van der Waals surface area contributed by atoms with E-state index in [9.17, 15) is 28.2 Å². The van der Waals surface area contributed by atoms with Crippen molar-refractivity contribution in [3.05, 3.63) is 93.6 Å². The van der Waals surface area contributed by atoms with E-state index in [0.717, 1.165) is 45.7 Å². The van der Waals surface area contributed by atoms with Gasteiger partial charge in [-0.15, -0.1) is 0 Å². The van der Waals surface area contributed by atoms with Gasteiger partial charge >= 0.3 is 6.18 Å². The molecule has 2 aromatic heterocycles. The monoisotopic (exact) mass is 840 g/mol. The van der Waals surface area contributed by atoms with Crippen LogP contribution in [0.1, 0.15) is 36.5 Å². The Morgan fingerprint density at radius 3 is 2.54 bits per heavy atom. The zero-order chi connectivity index (χ0) is 38.1. The number of alkyl halides is 3. The Hall–Kier alpha value is -4.30. The average Bonchev–Trinajstić information content (AvgIpc) is 3.13. The molecule has 0 aliphatic carbocycles. The molecule has 5 rings (SSSR count). The smallest absolute Gasteiger partial charge is 0.433 e. The number of rotatable bonds is 15. The maximum Gasteiger partial charge on any atom is 0.433 e. The quantitative estimate of drug-likeness (QED) is 0.0986. The number of carbonyl (C=O) groups excluding carboxylic acids is 1. The number of halogens is 4. The first kappa shape index (κ1) is 37.5. The molecule has 0 saturated carbocycles. The lowest BCUT2D eigenvalue weighted by atomic mass is 9.96. The molecule has 0 unspecified atom stereocenters. The number of amides is 1. The Morgan fingerprint density at radius 1 is 1.06 bits per heavy atom. The van der Waals surface area contributed by atoms with Crippen LogP contribution in [0.15, 0.2) is 73.0 Å². The molecule has 1 aliphatic rings. The highest BCUT2D eigenvalue weighted by atomic mass is 127. The van der Waals surface area contributed by atoms with Crippen LogP contribution in [-0.4, -0.2) is 87.9 Å². The van der Waals surface area contributed by atoms with Gasteiger partial charge in [-0.05, 0) is 96.9 Å². The van der Waals surface area contributed by atoms with Gasteiger partial charge in [-0.2, -0.15) is 13.2 Å². The van der Waals surface area contributed by atoms with E-state index in [1.54, 1.807) is 24.3 Å². The number of benzene rings is 2. The minimum absolute atomic E-state index is 0.138. The maximum atomic E-state index is 13.2. The second-order valence-corrected chi connectivity index (χ2v) is 12.8. The summed E-state index contributed by atoms with van der Waals surface area (Å²) in [6.07, 6.45) is -9.27. The second-order valence-electron chi connectivity index (χ2n) is 11.6. The molecule has 52 heavy (non-hydrogen) atoms. The van der Waals surface area contributed by atoms with Gasteiger partial charge in [0, 0.05) is 12.6 Å². The third kappa shape index (κ3) is 10.6. The van der Waals surface area contributed by atoms with E-state index in [2.05, 4.69) is 42.9 Å². The summed E-state index contributed by atoms with van der Waals surface area (Å²) >= 11 is 2.23. The molecule has 5 atom stereocenters. The van der Waals surface area contributed by atoms with Crippen molar-refractivity contribution < 1.29 is 53.2 Å². The minimum atomic E-state index is -4.73. The largest absolute Gasteiger partial charge is 0.494 e. The van der Waals surface area contributed by atoms with Crippen LogP contribution in [0.5, 0.6) is 29.0 Å². The number of nitrogens with zero attached hydrogens (tertiary/aromatic N) is 3. The van der Waals surface area contributed by atoms with Crippen molar-refractivity contribution in [3.8, 4) is 29.0 Å². The Balaban J connectivity index is 1.08. The number of aromatic nitrogens is 3. The fourth-order valence-electron chi connectivity index (χ4n) is 5.04. The van der Waals surface area contributed by atoms with Crippen LogP contribution >= 0.6 is 22.6 Å². The van der Waals surface area contributed by atoms with E-state index in [0.29, 0.717) is 31.1 Å². The van der Waals surface area contributed by atoms with Crippen molar-refractivity contribution in [2.45, 2.75) is 56.5 Å². The second kappa shape index (κ2) is 18.0. The van der Waals surface area contributed by atoms with Gasteiger partial charge in [0.25, 0.3) is 5.91 Å². The van der Waals surface area contributed by atoms with E-state index >= 15 is 0 Å². The number of hydrogen-bond donors (Lipinski definition) is 4. The van der Waals surface area contributed by atoms with Gasteiger partial charge in [0.05, 0.1) is 30.0 Å². The summed E-state index contributed by atoms with van der Waals surface area (Å²) in [5.41, 5.74) is 5.43. The average molecular weight is 841 g/mol. The Kier molecular flexibility index (Phi) is 12.9. The van der Waals surface area contributed by atoms with Crippen LogP contribution in [0.2, 0.25) is 0 Å². The van der Waals surface area contributed by atoms with Crippen LogP contribution < -0.4 is 30.0 Å². The molecule has 278 valence electrons. The molecule has 0 spiro atoms. The lowest BCUT2D eigenvalue weighted by Crippen LogP contribution is -2.60. The molecule has 1 saturated heterocycles. The highest BCUT2D eigenvalue weighted by molar-refractivity contribution is 14.1. The summed E-state index contributed by atoms with van der Waals surface area (Å²) < 4.78 is 77.2. The topological polar surface area (TPSA) is 180 Å². The minimum Gasteiger partial charge on any atom is -0.494 e. The van der Waals surface area contributed by atoms with Crippen LogP contribution in [0.25, 0.3) is 0 Å². The Morgan fingerprint density at radius 2 is 1.83 bits per heavy atom. The summed E-state index contributed by atoms with van der Waals surface area (Å²) in [6.45, 7) is 2.22. The van der Waals surface area contributed by atoms with Crippen molar-refractivity contribution in [1.82, 2.24) is 20.3 Å². The highest BCUT2D eigenvalue weighted by Gasteiger charge is 2.45. The molecule has 3 heterocycles. The van der Waals surface area contributed by atoms with Gasteiger partial charge in [-0.1, -0.05) is 12.1 Å². The predicted octanol–water partition coefficient (Wildman–Crippen LogP) is 4.32. The Bertz CT molecular complexity index is 1840. The van der Waals surface area contributed by atoms with E-state index in [1.165, 1.54) is 6.92 Å². The molecule has 1 aliphatic heterocycles. The molecule has 13 nitrogen and oxygen atoms in total. The summed E-state index contributed by atoms with van der Waals surface area (Å²) in [7, 11) is 0. The van der Waals surface area contributed by atoms with Gasteiger partial charge in [0.2, 0.25) is 11.8 Å². The van der Waals surface area contributed by atoms with E-state index in [1.807, 2.05) is 18.2 Å². The fourth-order valence-corrected chi connectivity index (χ4v) is 5.73. The third-order valence-corrected chi connectivity index (χ3v) is 8.59. The number of nitrogens with two attached hydrogens (primary N) is 1. The number of ether oxygens (including phenoxy) is 5. The Labute approximate surface area is 312 Å². The van der Waals surface area contributed by atoms with E-state index in [4.69, 9.17) is 30.8 Å². The van der Waals surface area contributed by atoms with E-state index < -0.39 is 67.0 Å². The summed E-state index contributed by atoms with van der Waals surface area (Å²) in [6, 6.07) is 16.1. The molecule has 4 aromatic rings. The molecular weight excluding hydrogens is 802 g/mol. The molecular formula is C35H37F3IN5O8. The van der Waals surface area contributed by atoms with Gasteiger partial charge in [0.1, 0.15) is 53.6 Å². The lowest BCUT2D eigenvalue weighted by Gasteiger charge is -2.41. The van der Waals surface area contributed by atoms with Gasteiger partial charge < -0.3 is 44.9 Å². The third-order valence-electron chi connectivity index (χ3n) is 7.74. The van der Waals surface area contributed by atoms with Gasteiger partial charge in [-0.3, -0.25) is 4.79 Å². The summed E-state index contributed by atoms with van der Waals surface area (Å²) in [4.78, 5) is 24.0. The molecule has 1 amide bonds. The molecule has 5 N–H and O–H groups in total. The lowest BCUT2D eigenvalue weighted by molar-refractivity contribution is -0.216. The van der Waals surface area contributed by atoms with Crippen molar-refractivity contribution in [1.29, 1.82) is 0 Å². The standard InChI is InChI=1S/C35H37F3IN5O8/c1-20-31(45)32(46)33(52-29-5-2-4-28(44-29)35(36,37)38)27(50-20)19-49-30-18-42-25(17-43-30)34(47)41-14-3-15-48-22-7-9-23(10-8-22)51-26-11-6-21(12-13-40)16-24(26)39/h2,4-11,16-18,20,27,31-33,45-46H,3,12-15,19,40H2,1H3,(H,41,47)/t20-,27-,31+,32+,33+/m1/s1/i18D. The van der Waals surface area contributed by atoms with E-state index in [-0.39, 0.29) is 18.1 Å². The van der Waals surface area contributed by atoms with Gasteiger partial charge in [-0.25, -0.2) is 15.0 Å². The van der Waals surface area contributed by atoms with Gasteiger partial charge in [0.15, 0.2) is 6.10 Å². The summed E-state index contributed by atoms with van der Waals surface area (Å²) in [5, 5.41) is 23.7. The molecule has 1 fully saturated rings. The fraction of sp³-hybridized carbons (Fsp3) is 0.371. The number of aliphatic hydroxyl groups is 2. The maximum absolute atomic E-state index is 13.2. The first-order chi connectivity index (χ1) is 25.3. The number of nitrogens with one attached hydrogen (secondary N) is 1. The zero-order valence-corrected chi connectivity index (χ0v) is 29.9. The zero-order valence-electron chi connectivity index (χ0n) is 28.8. The van der Waals surface area contributed by atoms with Crippen molar-refractivity contribution in [2.24, 2.45) is 5.73 Å². The van der Waals surface area contributed by atoms with Crippen LogP contribution in [0, 0.1) is 3.57 Å². The molecule has 2 aromatic carbocycles. The van der Waals surface area contributed by atoms with Crippen molar-refractivity contribution >= 4 is 28.5 Å². The summed E-state index contributed by atoms with van der Waals surface area (Å²) in [5.74, 6) is 0.699. The SMILES string of the molecule is [2H]c1nc(C(=O)NCCCOc2ccc(Oc3ccc(CCN)cc3I)cc2)cnc1OC[C@H]1O[C@H](C)[C@H](O)[C@H](O)[C@H]1Oc1cccc(C(F)(F)F)n1. The van der Waals surface area contributed by atoms with Crippen LogP contribution in [0.3, 0.4) is 0 Å². The molecule has 0 bridgehead atoms. The molecule has 17 heteroatoms. The number of pyridine rings is 1.